The summed E-state index contributed by atoms with van der Waals surface area (Å²) in [6.45, 7) is 0.486. The Morgan fingerprint density at radius 2 is 2.05 bits per heavy atom. The van der Waals surface area contributed by atoms with Crippen molar-refractivity contribution in [3.8, 4) is 11.3 Å². The van der Waals surface area contributed by atoms with Gasteiger partial charge in [-0.05, 0) is 25.0 Å². The number of likely N-dealkylation sites (tertiary alicyclic amines) is 1. The smallest absolute Gasteiger partial charge is 0.326 e. The topological polar surface area (TPSA) is 83.6 Å². The zero-order valence-corrected chi connectivity index (χ0v) is 11.2. The highest BCUT2D eigenvalue weighted by atomic mass is 16.4. The maximum absolute atomic E-state index is 12.4. The van der Waals surface area contributed by atoms with Gasteiger partial charge in [0, 0.05) is 17.7 Å². The van der Waals surface area contributed by atoms with E-state index >= 15 is 0 Å². The molecule has 0 spiro atoms. The van der Waals surface area contributed by atoms with Crippen LogP contribution in [-0.4, -0.2) is 39.5 Å². The highest BCUT2D eigenvalue weighted by molar-refractivity contribution is 5.97. The van der Waals surface area contributed by atoms with Crippen LogP contribution in [0.2, 0.25) is 0 Å². The summed E-state index contributed by atoms with van der Waals surface area (Å²) >= 11 is 0. The summed E-state index contributed by atoms with van der Waals surface area (Å²) in [5.74, 6) is -0.568. The van der Waals surface area contributed by atoms with Crippen LogP contribution < -0.4 is 0 Å². The van der Waals surface area contributed by atoms with Crippen LogP contribution in [0.3, 0.4) is 0 Å². The lowest BCUT2D eigenvalue weighted by Crippen LogP contribution is -2.40. The molecule has 1 aliphatic heterocycles. The van der Waals surface area contributed by atoms with Gasteiger partial charge in [-0.2, -0.15) is 0 Å². The predicted octanol–water partition coefficient (Wildman–Crippen LogP) is 2.03. The number of carbonyl (C=O) groups is 2. The lowest BCUT2D eigenvalue weighted by Gasteiger charge is -2.21. The number of hydrogen-bond acceptors (Lipinski definition) is 4. The molecule has 1 amide bonds. The summed E-state index contributed by atoms with van der Waals surface area (Å²) in [6, 6.07) is 6.17. The number of benzene rings is 1. The lowest BCUT2D eigenvalue weighted by atomic mass is 10.1. The minimum atomic E-state index is -0.945. The molecule has 0 saturated carbocycles. The van der Waals surface area contributed by atoms with Gasteiger partial charge in [0.05, 0.1) is 6.20 Å². The van der Waals surface area contributed by atoms with Crippen molar-refractivity contribution < 1.29 is 19.1 Å². The number of amides is 1. The largest absolute Gasteiger partial charge is 0.480 e. The average Bonchev–Trinajstić information content (AvgIpc) is 3.18. The van der Waals surface area contributed by atoms with Gasteiger partial charge in [0.25, 0.3) is 5.91 Å². The molecule has 21 heavy (non-hydrogen) atoms. The second-order valence-corrected chi connectivity index (χ2v) is 4.94. The summed E-state index contributed by atoms with van der Waals surface area (Å²) in [5, 5.41) is 9.14. The monoisotopic (exact) mass is 286 g/mol. The zero-order valence-electron chi connectivity index (χ0n) is 11.2. The highest BCUT2D eigenvalue weighted by Crippen LogP contribution is 2.23. The molecule has 1 aromatic heterocycles. The van der Waals surface area contributed by atoms with Crippen LogP contribution >= 0.6 is 0 Å². The number of carbonyl (C=O) groups excluding carboxylic acids is 1. The fraction of sp³-hybridized carbons (Fsp3) is 0.267. The number of rotatable bonds is 3. The third-order valence-electron chi connectivity index (χ3n) is 3.65. The van der Waals surface area contributed by atoms with Gasteiger partial charge in [-0.25, -0.2) is 9.78 Å². The molecule has 0 radical (unpaired) electrons. The SMILES string of the molecule is O=C(O)C1CCCN1C(=O)c1ccc(-c2cnco2)cc1. The highest BCUT2D eigenvalue weighted by Gasteiger charge is 2.34. The van der Waals surface area contributed by atoms with Crippen molar-refractivity contribution in [2.24, 2.45) is 0 Å². The molecule has 1 saturated heterocycles. The van der Waals surface area contributed by atoms with Crippen molar-refractivity contribution in [2.75, 3.05) is 6.54 Å². The van der Waals surface area contributed by atoms with Gasteiger partial charge < -0.3 is 14.4 Å². The van der Waals surface area contributed by atoms with E-state index in [2.05, 4.69) is 4.98 Å². The van der Waals surface area contributed by atoms with Crippen LogP contribution in [0.25, 0.3) is 11.3 Å². The maximum Gasteiger partial charge on any atom is 0.326 e. The number of aliphatic carboxylic acids is 1. The van der Waals surface area contributed by atoms with Crippen molar-refractivity contribution in [3.63, 3.8) is 0 Å². The Balaban J connectivity index is 1.80. The van der Waals surface area contributed by atoms with Gasteiger partial charge in [-0.1, -0.05) is 12.1 Å². The molecule has 1 aromatic carbocycles. The molecular weight excluding hydrogens is 272 g/mol. The first-order valence-electron chi connectivity index (χ1n) is 6.69. The molecule has 6 nitrogen and oxygen atoms in total. The second kappa shape index (κ2) is 5.40. The number of oxazole rings is 1. The fourth-order valence-electron chi connectivity index (χ4n) is 2.57. The minimum absolute atomic E-state index is 0.246. The molecule has 1 fully saturated rings. The molecule has 2 heterocycles. The molecule has 1 atom stereocenters. The number of hydrogen-bond donors (Lipinski definition) is 1. The fourth-order valence-corrected chi connectivity index (χ4v) is 2.57. The number of carboxylic acids is 1. The Labute approximate surface area is 121 Å². The zero-order chi connectivity index (χ0) is 14.8. The normalized spacial score (nSPS) is 17.9. The first-order valence-corrected chi connectivity index (χ1v) is 6.69. The average molecular weight is 286 g/mol. The van der Waals surface area contributed by atoms with E-state index in [-0.39, 0.29) is 5.91 Å². The van der Waals surface area contributed by atoms with E-state index < -0.39 is 12.0 Å². The van der Waals surface area contributed by atoms with E-state index in [4.69, 9.17) is 9.52 Å². The lowest BCUT2D eigenvalue weighted by molar-refractivity contribution is -0.141. The Kier molecular flexibility index (Phi) is 3.43. The van der Waals surface area contributed by atoms with Crippen LogP contribution in [0.15, 0.2) is 41.3 Å². The van der Waals surface area contributed by atoms with Crippen LogP contribution in [0.4, 0.5) is 0 Å². The van der Waals surface area contributed by atoms with Crippen molar-refractivity contribution in [3.05, 3.63) is 42.4 Å². The summed E-state index contributed by atoms with van der Waals surface area (Å²) < 4.78 is 5.18. The Hall–Kier alpha value is -2.63. The first-order chi connectivity index (χ1) is 10.2. The van der Waals surface area contributed by atoms with Gasteiger partial charge >= 0.3 is 5.97 Å². The summed E-state index contributed by atoms with van der Waals surface area (Å²) in [7, 11) is 0. The van der Waals surface area contributed by atoms with Gasteiger partial charge in [-0.3, -0.25) is 4.79 Å². The van der Waals surface area contributed by atoms with Crippen molar-refractivity contribution >= 4 is 11.9 Å². The van der Waals surface area contributed by atoms with Crippen LogP contribution in [0, 0.1) is 0 Å². The molecule has 0 aliphatic carbocycles. The van der Waals surface area contributed by atoms with E-state index in [0.29, 0.717) is 24.3 Å². The minimum Gasteiger partial charge on any atom is -0.480 e. The molecule has 1 N–H and O–H groups in total. The molecular formula is C15H14N2O4. The van der Waals surface area contributed by atoms with E-state index in [1.54, 1.807) is 30.5 Å². The van der Waals surface area contributed by atoms with Crippen molar-refractivity contribution in [1.82, 2.24) is 9.88 Å². The van der Waals surface area contributed by atoms with E-state index in [1.807, 2.05) is 0 Å². The molecule has 6 heteroatoms. The van der Waals surface area contributed by atoms with Gasteiger partial charge in [0.15, 0.2) is 12.2 Å². The van der Waals surface area contributed by atoms with Crippen LogP contribution in [-0.2, 0) is 4.79 Å². The van der Waals surface area contributed by atoms with Crippen LogP contribution in [0.5, 0.6) is 0 Å². The van der Waals surface area contributed by atoms with E-state index in [9.17, 15) is 9.59 Å². The standard InChI is InChI=1S/C15H14N2O4/c18-14(17-7-1-2-12(17)15(19)20)11-5-3-10(4-6-11)13-8-16-9-21-13/h3-6,8-9,12H,1-2,7H2,(H,19,20). The quantitative estimate of drug-likeness (QED) is 0.933. The summed E-state index contributed by atoms with van der Waals surface area (Å²) in [6.07, 6.45) is 4.17. The molecule has 108 valence electrons. The van der Waals surface area contributed by atoms with Crippen LogP contribution in [0.1, 0.15) is 23.2 Å². The number of aromatic nitrogens is 1. The molecule has 1 aliphatic rings. The van der Waals surface area contributed by atoms with Crippen molar-refractivity contribution in [2.45, 2.75) is 18.9 Å². The Morgan fingerprint density at radius 1 is 1.29 bits per heavy atom. The third-order valence-corrected chi connectivity index (χ3v) is 3.65. The number of carboxylic acid groups (broad SMARTS) is 1. The molecule has 2 aromatic rings. The van der Waals surface area contributed by atoms with E-state index in [1.165, 1.54) is 11.3 Å². The summed E-state index contributed by atoms with van der Waals surface area (Å²) in [4.78, 5) is 28.8. The van der Waals surface area contributed by atoms with Gasteiger partial charge in [0.2, 0.25) is 0 Å². The maximum atomic E-state index is 12.4. The first kappa shape index (κ1) is 13.4. The molecule has 1 unspecified atom stereocenters. The summed E-state index contributed by atoms with van der Waals surface area (Å²) in [5.41, 5.74) is 1.30. The van der Waals surface area contributed by atoms with Gasteiger partial charge in [0.1, 0.15) is 6.04 Å². The number of nitrogens with zero attached hydrogens (tertiary/aromatic N) is 2. The third kappa shape index (κ3) is 2.52. The second-order valence-electron chi connectivity index (χ2n) is 4.94. The predicted molar refractivity (Wildman–Crippen MR) is 73.6 cm³/mol. The Morgan fingerprint density at radius 3 is 2.67 bits per heavy atom. The molecule has 0 bridgehead atoms. The van der Waals surface area contributed by atoms with Gasteiger partial charge in [-0.15, -0.1) is 0 Å². The molecule has 3 rings (SSSR count). The Bertz CT molecular complexity index is 649. The van der Waals surface area contributed by atoms with Crippen molar-refractivity contribution in [1.29, 1.82) is 0 Å². The van der Waals surface area contributed by atoms with E-state index in [0.717, 1.165) is 12.0 Å².